The third-order valence-corrected chi connectivity index (χ3v) is 6.87. The van der Waals surface area contributed by atoms with Gasteiger partial charge in [0.25, 0.3) is 15.9 Å². The Morgan fingerprint density at radius 3 is 2.74 bits per heavy atom. The Morgan fingerprint density at radius 2 is 1.97 bits per heavy atom. The van der Waals surface area contributed by atoms with Gasteiger partial charge in [0.05, 0.1) is 28.9 Å². The first-order chi connectivity index (χ1) is 14.8. The molecule has 162 valence electrons. The molecule has 2 heterocycles. The smallest absolute Gasteiger partial charge is 0.337 e. The molecule has 4 rings (SSSR count). The Labute approximate surface area is 184 Å². The van der Waals surface area contributed by atoms with Crippen molar-refractivity contribution in [2.75, 3.05) is 23.9 Å². The van der Waals surface area contributed by atoms with Gasteiger partial charge in [0, 0.05) is 18.7 Å². The van der Waals surface area contributed by atoms with E-state index in [2.05, 4.69) is 14.5 Å². The van der Waals surface area contributed by atoms with Crippen molar-refractivity contribution in [3.63, 3.8) is 0 Å². The number of nitrogens with one attached hydrogen (secondary N) is 1. The van der Waals surface area contributed by atoms with Crippen LogP contribution in [0.1, 0.15) is 46.4 Å². The fraction of sp³-hybridized carbons (Fsp3) is 0.286. The highest BCUT2D eigenvalue weighted by Crippen LogP contribution is 2.38. The van der Waals surface area contributed by atoms with Gasteiger partial charge in [0.15, 0.2) is 0 Å². The van der Waals surface area contributed by atoms with Crippen molar-refractivity contribution in [2.24, 2.45) is 4.40 Å². The van der Waals surface area contributed by atoms with E-state index in [1.54, 1.807) is 18.2 Å². The number of carbonyl (C=O) groups is 2. The number of ether oxygens (including phenoxy) is 1. The molecule has 0 spiro atoms. The van der Waals surface area contributed by atoms with Gasteiger partial charge >= 0.3 is 5.97 Å². The zero-order valence-electron chi connectivity index (χ0n) is 16.7. The number of sulfonamides is 1. The summed E-state index contributed by atoms with van der Waals surface area (Å²) in [5.41, 5.74) is 1.06. The van der Waals surface area contributed by atoms with E-state index in [9.17, 15) is 18.0 Å². The third-order valence-electron chi connectivity index (χ3n) is 5.22. The van der Waals surface area contributed by atoms with Gasteiger partial charge in [0.2, 0.25) is 0 Å². The number of nitrogens with zero attached hydrogens (tertiary/aromatic N) is 2. The number of hydrogen-bond acceptors (Lipinski definition) is 6. The minimum Gasteiger partial charge on any atom is -0.465 e. The lowest BCUT2D eigenvalue weighted by atomic mass is 10.1. The van der Waals surface area contributed by atoms with E-state index in [0.29, 0.717) is 30.2 Å². The molecular weight excluding hydrogens is 442 g/mol. The van der Waals surface area contributed by atoms with Crippen LogP contribution >= 0.6 is 11.6 Å². The first-order valence-corrected chi connectivity index (χ1v) is 11.6. The van der Waals surface area contributed by atoms with Gasteiger partial charge < -0.3 is 15.0 Å². The molecule has 2 aromatic rings. The van der Waals surface area contributed by atoms with Crippen molar-refractivity contribution in [1.29, 1.82) is 0 Å². The molecule has 1 saturated heterocycles. The number of carbonyl (C=O) groups excluding carboxylic acids is 2. The monoisotopic (exact) mass is 461 g/mol. The van der Waals surface area contributed by atoms with E-state index in [1.807, 2.05) is 4.90 Å². The molecule has 0 aromatic heterocycles. The summed E-state index contributed by atoms with van der Waals surface area (Å²) in [5, 5.41) is 2.77. The minimum absolute atomic E-state index is 0.000865. The molecule has 2 aliphatic heterocycles. The van der Waals surface area contributed by atoms with E-state index in [0.717, 1.165) is 19.3 Å². The molecule has 0 radical (unpaired) electrons. The standard InChI is InChI=1S/C21H20ClN3O5S/c1-30-21(27)13-6-5-7-14(10-13)23-20(26)15-11-18-17(12-16(15)22)25-9-4-2-3-8-19(25)24-31(18,28)29/h5-7,10-12H,2-4,8-9H2,1H3,(H,23,26). The van der Waals surface area contributed by atoms with E-state index in [4.69, 9.17) is 11.6 Å². The largest absolute Gasteiger partial charge is 0.465 e. The summed E-state index contributed by atoms with van der Waals surface area (Å²) < 4.78 is 34.3. The van der Waals surface area contributed by atoms with Gasteiger partial charge in [-0.2, -0.15) is 8.42 Å². The summed E-state index contributed by atoms with van der Waals surface area (Å²) in [7, 11) is -2.69. The Balaban J connectivity index is 1.69. The molecule has 0 bridgehead atoms. The second kappa shape index (κ2) is 8.32. The lowest BCUT2D eigenvalue weighted by molar-refractivity contribution is 0.0600. The number of esters is 1. The number of amidine groups is 1. The maximum atomic E-state index is 12.9. The van der Waals surface area contributed by atoms with Gasteiger partial charge in [-0.15, -0.1) is 4.40 Å². The molecule has 8 nitrogen and oxygen atoms in total. The molecule has 0 saturated carbocycles. The number of amides is 1. The fourth-order valence-corrected chi connectivity index (χ4v) is 5.22. The lowest BCUT2D eigenvalue weighted by Crippen LogP contribution is -2.35. The highest BCUT2D eigenvalue weighted by Gasteiger charge is 2.33. The predicted molar refractivity (Wildman–Crippen MR) is 118 cm³/mol. The van der Waals surface area contributed by atoms with Crippen LogP contribution < -0.4 is 10.2 Å². The van der Waals surface area contributed by atoms with Gasteiger partial charge in [-0.05, 0) is 43.2 Å². The number of anilines is 2. The van der Waals surface area contributed by atoms with E-state index < -0.39 is 21.9 Å². The van der Waals surface area contributed by atoms with Crippen molar-refractivity contribution in [1.82, 2.24) is 0 Å². The number of methoxy groups -OCH3 is 1. The summed E-state index contributed by atoms with van der Waals surface area (Å²) in [6.45, 7) is 0.642. The van der Waals surface area contributed by atoms with E-state index in [1.165, 1.54) is 25.3 Å². The maximum absolute atomic E-state index is 12.9. The summed E-state index contributed by atoms with van der Waals surface area (Å²) >= 11 is 6.40. The topological polar surface area (TPSA) is 105 Å². The van der Waals surface area contributed by atoms with Crippen LogP contribution in [0.3, 0.4) is 0 Å². The molecule has 2 aliphatic rings. The molecule has 31 heavy (non-hydrogen) atoms. The fourth-order valence-electron chi connectivity index (χ4n) is 3.71. The normalized spacial score (nSPS) is 17.0. The van der Waals surface area contributed by atoms with E-state index >= 15 is 0 Å². The Bertz CT molecular complexity index is 1210. The van der Waals surface area contributed by atoms with Crippen molar-refractivity contribution in [2.45, 2.75) is 30.6 Å². The Morgan fingerprint density at radius 1 is 1.16 bits per heavy atom. The van der Waals surface area contributed by atoms with Crippen LogP contribution in [0.25, 0.3) is 0 Å². The van der Waals surface area contributed by atoms with E-state index in [-0.39, 0.29) is 21.0 Å². The molecule has 1 N–H and O–H groups in total. The van der Waals surface area contributed by atoms with Crippen LogP contribution in [-0.2, 0) is 14.8 Å². The molecule has 1 fully saturated rings. The average Bonchev–Trinajstić information content (AvgIpc) is 2.97. The summed E-state index contributed by atoms with van der Waals surface area (Å²) in [6.07, 6.45) is 3.35. The zero-order chi connectivity index (χ0) is 22.2. The molecule has 0 unspecified atom stereocenters. The lowest BCUT2D eigenvalue weighted by Gasteiger charge is -2.30. The summed E-state index contributed by atoms with van der Waals surface area (Å²) in [4.78, 5) is 26.4. The van der Waals surface area contributed by atoms with Crippen LogP contribution in [0, 0.1) is 0 Å². The first-order valence-electron chi connectivity index (χ1n) is 9.75. The number of rotatable bonds is 3. The maximum Gasteiger partial charge on any atom is 0.337 e. The predicted octanol–water partition coefficient (Wildman–Crippen LogP) is 3.86. The van der Waals surface area contributed by atoms with Crippen LogP contribution in [-0.4, -0.2) is 39.8 Å². The third kappa shape index (κ3) is 4.15. The molecule has 1 amide bonds. The molecular formula is C21H20ClN3O5S. The highest BCUT2D eigenvalue weighted by atomic mass is 35.5. The van der Waals surface area contributed by atoms with Crippen LogP contribution in [0.2, 0.25) is 5.02 Å². The SMILES string of the molecule is COC(=O)c1cccc(NC(=O)c2cc3c(cc2Cl)N2CCCCCC2=NS3(=O)=O)c1. The molecule has 0 aliphatic carbocycles. The second-order valence-corrected chi connectivity index (χ2v) is 9.25. The summed E-state index contributed by atoms with van der Waals surface area (Å²) in [5.74, 6) is -0.631. The zero-order valence-corrected chi connectivity index (χ0v) is 18.3. The number of hydrogen-bond donors (Lipinski definition) is 1. The van der Waals surface area contributed by atoms with Gasteiger partial charge in [-0.3, -0.25) is 4.79 Å². The van der Waals surface area contributed by atoms with Crippen LogP contribution in [0.5, 0.6) is 0 Å². The van der Waals surface area contributed by atoms with Crippen molar-refractivity contribution in [3.05, 3.63) is 52.5 Å². The highest BCUT2D eigenvalue weighted by molar-refractivity contribution is 7.90. The molecule has 2 aromatic carbocycles. The van der Waals surface area contributed by atoms with Gasteiger partial charge in [-0.1, -0.05) is 24.1 Å². The number of halogens is 1. The van der Waals surface area contributed by atoms with Crippen LogP contribution in [0.15, 0.2) is 45.7 Å². The average molecular weight is 462 g/mol. The van der Waals surface area contributed by atoms with Crippen molar-refractivity contribution >= 4 is 50.7 Å². The van der Waals surface area contributed by atoms with Gasteiger partial charge in [-0.25, -0.2) is 4.79 Å². The van der Waals surface area contributed by atoms with Crippen molar-refractivity contribution < 1.29 is 22.7 Å². The Kier molecular flexibility index (Phi) is 5.72. The summed E-state index contributed by atoms with van der Waals surface area (Å²) in [6, 6.07) is 8.97. The van der Waals surface area contributed by atoms with Gasteiger partial charge in [0.1, 0.15) is 10.7 Å². The number of benzene rings is 2. The quantitative estimate of drug-likeness (QED) is 0.696. The molecule has 0 atom stereocenters. The van der Waals surface area contributed by atoms with Crippen LogP contribution in [0.4, 0.5) is 11.4 Å². The van der Waals surface area contributed by atoms with Crippen molar-refractivity contribution in [3.8, 4) is 0 Å². The Hall–Kier alpha value is -2.91. The minimum atomic E-state index is -3.95. The number of fused-ring (bicyclic) bond motifs is 3. The second-order valence-electron chi connectivity index (χ2n) is 7.27. The first kappa shape index (κ1) is 21.3. The molecule has 10 heteroatoms.